The van der Waals surface area contributed by atoms with Crippen LogP contribution in [0.1, 0.15) is 15.4 Å². The number of aryl methyl sites for hydroxylation is 1. The number of hydrogen-bond acceptors (Lipinski definition) is 4. The van der Waals surface area contributed by atoms with Crippen LogP contribution in [-0.2, 0) is 0 Å². The highest BCUT2D eigenvalue weighted by Gasteiger charge is 2.13. The van der Waals surface area contributed by atoms with Crippen LogP contribution in [-0.4, -0.2) is 20.5 Å². The van der Waals surface area contributed by atoms with Gasteiger partial charge in [0.25, 0.3) is 5.56 Å². The van der Waals surface area contributed by atoms with Crippen LogP contribution >= 0.6 is 27.3 Å². The average molecular weight is 289 g/mol. The molecule has 0 saturated heterocycles. The third kappa shape index (κ3) is 1.57. The third-order valence-corrected chi connectivity index (χ3v) is 3.74. The van der Waals surface area contributed by atoms with Gasteiger partial charge in [0.15, 0.2) is 4.96 Å². The molecule has 0 bridgehead atoms. The van der Waals surface area contributed by atoms with Crippen LogP contribution in [0.5, 0.6) is 0 Å². The van der Waals surface area contributed by atoms with E-state index in [1.54, 1.807) is 6.92 Å². The topological polar surface area (TPSA) is 71.7 Å². The van der Waals surface area contributed by atoms with Gasteiger partial charge in [0.2, 0.25) is 0 Å². The van der Waals surface area contributed by atoms with Gasteiger partial charge < -0.3 is 5.11 Å². The van der Waals surface area contributed by atoms with E-state index in [9.17, 15) is 9.59 Å². The molecule has 0 saturated carbocycles. The number of fused-ring (bicyclic) bond motifs is 1. The van der Waals surface area contributed by atoms with Gasteiger partial charge in [-0.15, -0.1) is 0 Å². The van der Waals surface area contributed by atoms with Gasteiger partial charge in [-0.1, -0.05) is 11.3 Å². The minimum Gasteiger partial charge on any atom is -0.477 e. The van der Waals surface area contributed by atoms with Crippen molar-refractivity contribution in [1.82, 2.24) is 9.38 Å². The molecule has 0 unspecified atom stereocenters. The number of halogens is 1. The summed E-state index contributed by atoms with van der Waals surface area (Å²) in [5, 5.41) is 8.77. The first-order valence-corrected chi connectivity index (χ1v) is 5.53. The van der Waals surface area contributed by atoms with E-state index in [1.807, 2.05) is 0 Å². The van der Waals surface area contributed by atoms with E-state index in [4.69, 9.17) is 5.11 Å². The predicted molar refractivity (Wildman–Crippen MR) is 58.7 cm³/mol. The number of aromatic carboxylic acids is 1. The summed E-state index contributed by atoms with van der Waals surface area (Å²) < 4.78 is 1.58. The number of hydrogen-bond donors (Lipinski definition) is 1. The molecule has 2 aromatic rings. The molecule has 7 heteroatoms. The van der Waals surface area contributed by atoms with Crippen LogP contribution in [0.25, 0.3) is 4.96 Å². The van der Waals surface area contributed by atoms with Gasteiger partial charge in [-0.25, -0.2) is 9.78 Å². The number of thiazole rings is 1. The fourth-order valence-corrected chi connectivity index (χ4v) is 2.26. The maximum atomic E-state index is 11.7. The van der Waals surface area contributed by atoms with E-state index >= 15 is 0 Å². The van der Waals surface area contributed by atoms with E-state index < -0.39 is 5.97 Å². The Morgan fingerprint density at radius 3 is 2.93 bits per heavy atom. The first-order chi connectivity index (χ1) is 7.00. The maximum Gasteiger partial charge on any atom is 0.347 e. The summed E-state index contributed by atoms with van der Waals surface area (Å²) in [5.74, 6) is -1.06. The second-order valence-corrected chi connectivity index (χ2v) is 4.67. The normalized spacial score (nSPS) is 10.8. The minimum atomic E-state index is -1.06. The highest BCUT2D eigenvalue weighted by Crippen LogP contribution is 2.17. The zero-order valence-electron chi connectivity index (χ0n) is 7.52. The minimum absolute atomic E-state index is 0.0945. The first-order valence-electron chi connectivity index (χ1n) is 3.92. The number of aromatic nitrogens is 2. The number of nitrogens with zero attached hydrogens (tertiary/aromatic N) is 2. The van der Waals surface area contributed by atoms with Crippen molar-refractivity contribution in [2.75, 3.05) is 0 Å². The summed E-state index contributed by atoms with van der Waals surface area (Å²) in [5.41, 5.74) is 0.264. The molecular weight excluding hydrogens is 284 g/mol. The summed E-state index contributed by atoms with van der Waals surface area (Å²) in [4.78, 5) is 27.0. The number of carbonyl (C=O) groups is 1. The smallest absolute Gasteiger partial charge is 0.347 e. The lowest BCUT2D eigenvalue weighted by Crippen LogP contribution is -2.14. The van der Waals surface area contributed by atoms with Gasteiger partial charge in [0, 0.05) is 6.20 Å². The molecule has 0 fully saturated rings. The molecule has 0 aliphatic carbocycles. The molecule has 0 atom stereocenters. The Hall–Kier alpha value is -1.21. The van der Waals surface area contributed by atoms with Crippen molar-refractivity contribution >= 4 is 38.2 Å². The van der Waals surface area contributed by atoms with Gasteiger partial charge >= 0.3 is 5.97 Å². The highest BCUT2D eigenvalue weighted by atomic mass is 79.9. The standard InChI is InChI=1S/C8H5BrN2O3S/c1-3-5(9)6(12)11-2-4(7(13)14)15-8(11)10-3/h2H,1H3,(H,13,14). The van der Waals surface area contributed by atoms with E-state index in [0.29, 0.717) is 15.1 Å². The van der Waals surface area contributed by atoms with Crippen molar-refractivity contribution in [1.29, 1.82) is 0 Å². The van der Waals surface area contributed by atoms with Crippen LogP contribution < -0.4 is 5.56 Å². The molecule has 0 radical (unpaired) electrons. The predicted octanol–water partition coefficient (Wildman–Crippen LogP) is 1.53. The lowest BCUT2D eigenvalue weighted by molar-refractivity contribution is 0.0702. The Labute approximate surface area is 96.1 Å². The van der Waals surface area contributed by atoms with Crippen LogP contribution in [0, 0.1) is 6.92 Å². The second kappa shape index (κ2) is 3.42. The third-order valence-electron chi connectivity index (χ3n) is 1.85. The Bertz CT molecular complexity index is 616. The summed E-state index contributed by atoms with van der Waals surface area (Å²) in [7, 11) is 0. The van der Waals surface area contributed by atoms with Crippen LogP contribution in [0.4, 0.5) is 0 Å². The van der Waals surface area contributed by atoms with Crippen molar-refractivity contribution < 1.29 is 9.90 Å². The SMILES string of the molecule is Cc1nc2sc(C(=O)O)cn2c(=O)c1Br. The van der Waals surface area contributed by atoms with Crippen molar-refractivity contribution in [3.8, 4) is 0 Å². The average Bonchev–Trinajstić information content (AvgIpc) is 2.58. The summed E-state index contributed by atoms with van der Waals surface area (Å²) in [6, 6.07) is 0. The lowest BCUT2D eigenvalue weighted by Gasteiger charge is -1.96. The van der Waals surface area contributed by atoms with E-state index in [2.05, 4.69) is 20.9 Å². The van der Waals surface area contributed by atoms with Gasteiger partial charge in [-0.2, -0.15) is 0 Å². The number of carboxylic acid groups (broad SMARTS) is 1. The molecular formula is C8H5BrN2O3S. The van der Waals surface area contributed by atoms with Crippen molar-refractivity contribution in [2.45, 2.75) is 6.92 Å². The molecule has 2 heterocycles. The molecule has 15 heavy (non-hydrogen) atoms. The molecule has 0 aliphatic heterocycles. The molecule has 0 spiro atoms. The van der Waals surface area contributed by atoms with E-state index in [0.717, 1.165) is 11.3 Å². The van der Waals surface area contributed by atoms with Crippen molar-refractivity contribution in [2.24, 2.45) is 0 Å². The summed E-state index contributed by atoms with van der Waals surface area (Å²) >= 11 is 4.08. The molecule has 5 nitrogen and oxygen atoms in total. The Balaban J connectivity index is 2.88. The van der Waals surface area contributed by atoms with Gasteiger partial charge in [0.05, 0.1) is 5.69 Å². The molecule has 78 valence electrons. The fourth-order valence-electron chi connectivity index (χ4n) is 1.12. The zero-order valence-corrected chi connectivity index (χ0v) is 9.92. The Morgan fingerprint density at radius 2 is 2.33 bits per heavy atom. The van der Waals surface area contributed by atoms with Crippen LogP contribution in [0.2, 0.25) is 0 Å². The molecule has 0 amide bonds. The number of carboxylic acids is 1. The Morgan fingerprint density at radius 1 is 1.67 bits per heavy atom. The molecule has 1 N–H and O–H groups in total. The lowest BCUT2D eigenvalue weighted by atomic mass is 10.4. The second-order valence-electron chi connectivity index (χ2n) is 2.87. The summed E-state index contributed by atoms with van der Waals surface area (Å²) in [6.07, 6.45) is 1.28. The van der Waals surface area contributed by atoms with Gasteiger partial charge in [-0.05, 0) is 22.9 Å². The fraction of sp³-hybridized carbons (Fsp3) is 0.125. The van der Waals surface area contributed by atoms with Crippen molar-refractivity contribution in [3.63, 3.8) is 0 Å². The largest absolute Gasteiger partial charge is 0.477 e. The van der Waals surface area contributed by atoms with Gasteiger partial charge in [-0.3, -0.25) is 9.20 Å². The van der Waals surface area contributed by atoms with E-state index in [-0.39, 0.29) is 10.4 Å². The molecule has 0 aliphatic rings. The summed E-state index contributed by atoms with van der Waals surface area (Å²) in [6.45, 7) is 1.69. The first kappa shape index (κ1) is 10.3. The monoisotopic (exact) mass is 288 g/mol. The number of rotatable bonds is 1. The molecule has 2 rings (SSSR count). The van der Waals surface area contributed by atoms with Crippen molar-refractivity contribution in [3.05, 3.63) is 31.6 Å². The zero-order chi connectivity index (χ0) is 11.2. The van der Waals surface area contributed by atoms with Crippen LogP contribution in [0.3, 0.4) is 0 Å². The van der Waals surface area contributed by atoms with Crippen LogP contribution in [0.15, 0.2) is 15.5 Å². The van der Waals surface area contributed by atoms with Gasteiger partial charge in [0.1, 0.15) is 9.35 Å². The molecule has 0 aromatic carbocycles. The van der Waals surface area contributed by atoms with E-state index in [1.165, 1.54) is 10.6 Å². The quantitative estimate of drug-likeness (QED) is 0.864. The molecule has 2 aromatic heterocycles. The maximum absolute atomic E-state index is 11.7. The highest BCUT2D eigenvalue weighted by molar-refractivity contribution is 9.10. The Kier molecular flexibility index (Phi) is 2.35.